The standard InChI is InChI=1S/C13H23N3O2/c1-5-6-7-8-9(2)16-10(3)15-11(12(16)14)13(17)18-4/h9H,5-8,14H2,1-4H3. The van der Waals surface area contributed by atoms with Gasteiger partial charge >= 0.3 is 5.97 Å². The number of ether oxygens (including phenoxy) is 1. The molecule has 0 radical (unpaired) electrons. The average molecular weight is 253 g/mol. The second kappa shape index (κ2) is 6.42. The average Bonchev–Trinajstić information content (AvgIpc) is 2.64. The van der Waals surface area contributed by atoms with Crippen molar-refractivity contribution in [2.75, 3.05) is 12.8 Å². The fourth-order valence-corrected chi connectivity index (χ4v) is 2.18. The summed E-state index contributed by atoms with van der Waals surface area (Å²) in [6.07, 6.45) is 4.60. The number of anilines is 1. The second-order valence-corrected chi connectivity index (χ2v) is 4.60. The van der Waals surface area contributed by atoms with E-state index in [1.54, 1.807) is 0 Å². The van der Waals surface area contributed by atoms with Crippen LogP contribution in [0.25, 0.3) is 0 Å². The molecule has 2 N–H and O–H groups in total. The Balaban J connectivity index is 2.88. The number of imidazole rings is 1. The summed E-state index contributed by atoms with van der Waals surface area (Å²) < 4.78 is 6.59. The van der Waals surface area contributed by atoms with Crippen LogP contribution >= 0.6 is 0 Å². The lowest BCUT2D eigenvalue weighted by Gasteiger charge is -2.16. The van der Waals surface area contributed by atoms with Crippen LogP contribution in [0.4, 0.5) is 5.82 Å². The minimum atomic E-state index is -0.477. The van der Waals surface area contributed by atoms with Crippen LogP contribution in [-0.4, -0.2) is 22.6 Å². The van der Waals surface area contributed by atoms with Crippen molar-refractivity contribution in [1.82, 2.24) is 9.55 Å². The number of nitrogen functional groups attached to an aromatic ring is 1. The Morgan fingerprint density at radius 3 is 2.72 bits per heavy atom. The van der Waals surface area contributed by atoms with Gasteiger partial charge in [0.2, 0.25) is 0 Å². The van der Waals surface area contributed by atoms with Crippen molar-refractivity contribution in [2.45, 2.75) is 52.5 Å². The Bertz CT molecular complexity index is 413. The molecule has 1 unspecified atom stereocenters. The van der Waals surface area contributed by atoms with E-state index in [0.717, 1.165) is 18.7 Å². The summed E-state index contributed by atoms with van der Waals surface area (Å²) in [5.41, 5.74) is 6.21. The summed E-state index contributed by atoms with van der Waals surface area (Å²) in [6, 6.07) is 0.252. The number of hydrogen-bond acceptors (Lipinski definition) is 4. The minimum Gasteiger partial charge on any atom is -0.464 e. The molecular formula is C13H23N3O2. The molecule has 0 saturated heterocycles. The maximum absolute atomic E-state index is 11.5. The third kappa shape index (κ3) is 3.03. The van der Waals surface area contributed by atoms with Crippen LogP contribution in [0.3, 0.4) is 0 Å². The predicted molar refractivity (Wildman–Crippen MR) is 71.6 cm³/mol. The van der Waals surface area contributed by atoms with Gasteiger partial charge in [-0.3, -0.25) is 0 Å². The number of aromatic nitrogens is 2. The molecule has 0 saturated carbocycles. The third-order valence-corrected chi connectivity index (χ3v) is 3.17. The number of aryl methyl sites for hydroxylation is 1. The Hall–Kier alpha value is -1.52. The second-order valence-electron chi connectivity index (χ2n) is 4.60. The Morgan fingerprint density at radius 2 is 2.17 bits per heavy atom. The normalized spacial score (nSPS) is 12.4. The molecule has 5 heteroatoms. The van der Waals surface area contributed by atoms with E-state index >= 15 is 0 Å². The Kier molecular flexibility index (Phi) is 5.19. The van der Waals surface area contributed by atoms with Gasteiger partial charge in [0, 0.05) is 6.04 Å². The zero-order valence-electron chi connectivity index (χ0n) is 11.7. The Morgan fingerprint density at radius 1 is 1.50 bits per heavy atom. The van der Waals surface area contributed by atoms with E-state index in [-0.39, 0.29) is 11.7 Å². The molecule has 1 atom stereocenters. The quantitative estimate of drug-likeness (QED) is 0.625. The Labute approximate surface area is 108 Å². The predicted octanol–water partition coefficient (Wildman–Crippen LogP) is 2.70. The number of carbonyl (C=O) groups is 1. The van der Waals surface area contributed by atoms with Crippen molar-refractivity contribution in [2.24, 2.45) is 0 Å². The SMILES string of the molecule is CCCCCC(C)n1c(C)nc(C(=O)OC)c1N. The lowest BCUT2D eigenvalue weighted by molar-refractivity contribution is 0.0595. The largest absolute Gasteiger partial charge is 0.464 e. The maximum atomic E-state index is 11.5. The van der Waals surface area contributed by atoms with Gasteiger partial charge in [-0.2, -0.15) is 0 Å². The number of methoxy groups -OCH3 is 1. The first-order valence-electron chi connectivity index (χ1n) is 6.45. The first kappa shape index (κ1) is 14.5. The van der Waals surface area contributed by atoms with Crippen LogP contribution in [0, 0.1) is 6.92 Å². The van der Waals surface area contributed by atoms with Crippen molar-refractivity contribution in [1.29, 1.82) is 0 Å². The van der Waals surface area contributed by atoms with Crippen LogP contribution < -0.4 is 5.73 Å². The first-order chi connectivity index (χ1) is 8.52. The van der Waals surface area contributed by atoms with Gasteiger partial charge in [-0.05, 0) is 20.3 Å². The summed E-state index contributed by atoms with van der Waals surface area (Å²) in [4.78, 5) is 15.7. The van der Waals surface area contributed by atoms with E-state index < -0.39 is 5.97 Å². The van der Waals surface area contributed by atoms with E-state index in [1.165, 1.54) is 20.0 Å². The van der Waals surface area contributed by atoms with Gasteiger partial charge in [0.1, 0.15) is 11.6 Å². The number of nitrogens with two attached hydrogens (primary N) is 1. The van der Waals surface area contributed by atoms with Gasteiger partial charge in [0.05, 0.1) is 7.11 Å². The third-order valence-electron chi connectivity index (χ3n) is 3.17. The molecule has 0 fully saturated rings. The summed E-state index contributed by atoms with van der Waals surface area (Å²) in [5, 5.41) is 0. The van der Waals surface area contributed by atoms with E-state index in [9.17, 15) is 4.79 Å². The summed E-state index contributed by atoms with van der Waals surface area (Å²) >= 11 is 0. The zero-order chi connectivity index (χ0) is 13.7. The molecule has 1 aromatic heterocycles. The number of rotatable bonds is 6. The highest BCUT2D eigenvalue weighted by molar-refractivity contribution is 5.92. The molecule has 0 spiro atoms. The summed E-state index contributed by atoms with van der Waals surface area (Å²) in [5.74, 6) is 0.690. The highest BCUT2D eigenvalue weighted by atomic mass is 16.5. The number of esters is 1. The lowest BCUT2D eigenvalue weighted by atomic mass is 10.1. The van der Waals surface area contributed by atoms with E-state index in [0.29, 0.717) is 5.82 Å². The van der Waals surface area contributed by atoms with Gasteiger partial charge in [0.25, 0.3) is 0 Å². The van der Waals surface area contributed by atoms with Crippen LogP contribution in [0.1, 0.15) is 61.9 Å². The van der Waals surface area contributed by atoms with E-state index in [1.807, 2.05) is 11.5 Å². The van der Waals surface area contributed by atoms with Gasteiger partial charge < -0.3 is 15.0 Å². The molecule has 1 heterocycles. The molecule has 18 heavy (non-hydrogen) atoms. The van der Waals surface area contributed by atoms with Crippen molar-refractivity contribution >= 4 is 11.8 Å². The fourth-order valence-electron chi connectivity index (χ4n) is 2.18. The fraction of sp³-hybridized carbons (Fsp3) is 0.692. The minimum absolute atomic E-state index is 0.220. The lowest BCUT2D eigenvalue weighted by Crippen LogP contribution is -2.12. The van der Waals surface area contributed by atoms with Gasteiger partial charge in [0.15, 0.2) is 5.69 Å². The molecule has 0 aliphatic heterocycles. The molecule has 0 amide bonds. The first-order valence-corrected chi connectivity index (χ1v) is 6.45. The van der Waals surface area contributed by atoms with Crippen molar-refractivity contribution < 1.29 is 9.53 Å². The highest BCUT2D eigenvalue weighted by Gasteiger charge is 2.21. The van der Waals surface area contributed by atoms with Crippen molar-refractivity contribution in [3.63, 3.8) is 0 Å². The van der Waals surface area contributed by atoms with E-state index in [4.69, 9.17) is 5.73 Å². The number of hydrogen-bond donors (Lipinski definition) is 1. The monoisotopic (exact) mass is 253 g/mol. The van der Waals surface area contributed by atoms with Gasteiger partial charge in [-0.25, -0.2) is 9.78 Å². The number of unbranched alkanes of at least 4 members (excludes halogenated alkanes) is 2. The van der Waals surface area contributed by atoms with E-state index in [2.05, 4.69) is 23.6 Å². The number of carbonyl (C=O) groups excluding carboxylic acids is 1. The van der Waals surface area contributed by atoms with Gasteiger partial charge in [-0.1, -0.05) is 26.2 Å². The topological polar surface area (TPSA) is 70.1 Å². The summed E-state index contributed by atoms with van der Waals surface area (Å²) in [6.45, 7) is 6.14. The van der Waals surface area contributed by atoms with Crippen molar-refractivity contribution in [3.05, 3.63) is 11.5 Å². The number of nitrogens with zero attached hydrogens (tertiary/aromatic N) is 2. The molecule has 0 aliphatic rings. The smallest absolute Gasteiger partial charge is 0.360 e. The highest BCUT2D eigenvalue weighted by Crippen LogP contribution is 2.24. The van der Waals surface area contributed by atoms with Crippen LogP contribution in [-0.2, 0) is 4.74 Å². The molecule has 102 valence electrons. The van der Waals surface area contributed by atoms with Crippen LogP contribution in [0.5, 0.6) is 0 Å². The zero-order valence-corrected chi connectivity index (χ0v) is 11.7. The molecule has 1 rings (SSSR count). The molecule has 0 aromatic carbocycles. The molecular weight excluding hydrogens is 230 g/mol. The molecule has 1 aromatic rings. The molecule has 0 bridgehead atoms. The maximum Gasteiger partial charge on any atom is 0.360 e. The van der Waals surface area contributed by atoms with Gasteiger partial charge in [-0.15, -0.1) is 0 Å². The van der Waals surface area contributed by atoms with Crippen LogP contribution in [0.15, 0.2) is 0 Å². The van der Waals surface area contributed by atoms with Crippen LogP contribution in [0.2, 0.25) is 0 Å². The van der Waals surface area contributed by atoms with Crippen molar-refractivity contribution in [3.8, 4) is 0 Å². The summed E-state index contributed by atoms with van der Waals surface area (Å²) in [7, 11) is 1.33. The molecule has 0 aliphatic carbocycles. The molecule has 5 nitrogen and oxygen atoms in total.